The van der Waals surface area contributed by atoms with Crippen molar-refractivity contribution >= 4 is 29.2 Å². The predicted molar refractivity (Wildman–Crippen MR) is 77.5 cm³/mol. The van der Waals surface area contributed by atoms with Crippen LogP contribution in [0.1, 0.15) is 26.3 Å². The van der Waals surface area contributed by atoms with Crippen LogP contribution in [0.4, 0.5) is 5.69 Å². The quantitative estimate of drug-likeness (QED) is 0.907. The number of aromatic carboxylic acids is 1. The highest BCUT2D eigenvalue weighted by molar-refractivity contribution is 6.34. The third kappa shape index (κ3) is 2.81. The molecule has 4 nitrogen and oxygen atoms in total. The van der Waals surface area contributed by atoms with Crippen LogP contribution in [-0.2, 0) is 0 Å². The minimum Gasteiger partial charge on any atom is -0.478 e. The summed E-state index contributed by atoms with van der Waals surface area (Å²) < 4.78 is 0. The van der Waals surface area contributed by atoms with Crippen molar-refractivity contribution in [2.75, 3.05) is 5.32 Å². The van der Waals surface area contributed by atoms with Gasteiger partial charge in [0, 0.05) is 5.56 Å². The van der Waals surface area contributed by atoms with Gasteiger partial charge in [-0.05, 0) is 30.7 Å². The Morgan fingerprint density at radius 2 is 1.70 bits per heavy atom. The highest BCUT2D eigenvalue weighted by atomic mass is 35.5. The molecule has 0 heterocycles. The molecule has 2 N–H and O–H groups in total. The smallest absolute Gasteiger partial charge is 0.337 e. The molecule has 0 aromatic heterocycles. The van der Waals surface area contributed by atoms with E-state index in [2.05, 4.69) is 5.32 Å². The Morgan fingerprint density at radius 1 is 1.05 bits per heavy atom. The zero-order valence-corrected chi connectivity index (χ0v) is 11.4. The lowest BCUT2D eigenvalue weighted by atomic mass is 10.1. The number of carbonyl (C=O) groups is 2. The zero-order valence-electron chi connectivity index (χ0n) is 10.7. The van der Waals surface area contributed by atoms with Crippen molar-refractivity contribution in [1.82, 2.24) is 0 Å². The van der Waals surface area contributed by atoms with E-state index in [1.54, 1.807) is 25.1 Å². The number of carboxylic acids is 1. The molecule has 5 heteroatoms. The van der Waals surface area contributed by atoms with Gasteiger partial charge in [-0.25, -0.2) is 4.79 Å². The summed E-state index contributed by atoms with van der Waals surface area (Å²) in [5.74, 6) is -1.54. The van der Waals surface area contributed by atoms with E-state index in [1.807, 2.05) is 6.07 Å². The molecule has 1 amide bonds. The van der Waals surface area contributed by atoms with Crippen molar-refractivity contribution in [2.45, 2.75) is 6.92 Å². The lowest BCUT2D eigenvalue weighted by Crippen LogP contribution is -2.16. The van der Waals surface area contributed by atoms with Gasteiger partial charge in [-0.2, -0.15) is 0 Å². The number of hydrogen-bond acceptors (Lipinski definition) is 2. The Kier molecular flexibility index (Phi) is 4.05. The largest absolute Gasteiger partial charge is 0.478 e. The van der Waals surface area contributed by atoms with Gasteiger partial charge in [-0.3, -0.25) is 4.79 Å². The van der Waals surface area contributed by atoms with Crippen molar-refractivity contribution < 1.29 is 14.7 Å². The maximum absolute atomic E-state index is 12.2. The molecular weight excluding hydrogens is 278 g/mol. The predicted octanol–water partition coefficient (Wildman–Crippen LogP) is 3.60. The third-order valence-electron chi connectivity index (χ3n) is 2.87. The first-order valence-electron chi connectivity index (χ1n) is 5.89. The van der Waals surface area contributed by atoms with Gasteiger partial charge in [0.2, 0.25) is 0 Å². The number of halogens is 1. The normalized spacial score (nSPS) is 10.1. The van der Waals surface area contributed by atoms with Gasteiger partial charge in [-0.15, -0.1) is 0 Å². The van der Waals surface area contributed by atoms with Gasteiger partial charge in [0.25, 0.3) is 5.91 Å². The fourth-order valence-electron chi connectivity index (χ4n) is 1.84. The standard InChI is InChI=1S/C15H12ClNO3/c1-9-5-2-3-6-10(9)14(18)17-13-11(15(19)20)7-4-8-12(13)16/h2-8H,1H3,(H,17,18)(H,19,20). The van der Waals surface area contributed by atoms with Crippen LogP contribution >= 0.6 is 11.6 Å². The molecule has 0 saturated heterocycles. The Hall–Kier alpha value is -2.33. The average molecular weight is 290 g/mol. The van der Waals surface area contributed by atoms with Crippen LogP contribution in [0, 0.1) is 6.92 Å². The monoisotopic (exact) mass is 289 g/mol. The van der Waals surface area contributed by atoms with Crippen molar-refractivity contribution in [3.8, 4) is 0 Å². The van der Waals surface area contributed by atoms with E-state index in [4.69, 9.17) is 16.7 Å². The molecule has 0 fully saturated rings. The molecule has 0 aliphatic heterocycles. The molecule has 102 valence electrons. The van der Waals surface area contributed by atoms with E-state index in [0.717, 1.165) is 5.56 Å². The molecule has 0 aliphatic carbocycles. The van der Waals surface area contributed by atoms with E-state index in [-0.39, 0.29) is 16.3 Å². The summed E-state index contributed by atoms with van der Waals surface area (Å²) in [5.41, 5.74) is 1.34. The van der Waals surface area contributed by atoms with Crippen molar-refractivity contribution in [3.63, 3.8) is 0 Å². The maximum atomic E-state index is 12.2. The molecule has 0 bridgehead atoms. The summed E-state index contributed by atoms with van der Waals surface area (Å²) >= 11 is 5.97. The zero-order chi connectivity index (χ0) is 14.7. The fraction of sp³-hybridized carbons (Fsp3) is 0.0667. The van der Waals surface area contributed by atoms with E-state index >= 15 is 0 Å². The number of nitrogens with one attached hydrogen (secondary N) is 1. The number of amides is 1. The van der Waals surface area contributed by atoms with Crippen LogP contribution in [-0.4, -0.2) is 17.0 Å². The lowest BCUT2D eigenvalue weighted by Gasteiger charge is -2.11. The summed E-state index contributed by atoms with van der Waals surface area (Å²) in [7, 11) is 0. The van der Waals surface area contributed by atoms with Gasteiger partial charge in [-0.1, -0.05) is 35.9 Å². The van der Waals surface area contributed by atoms with Crippen LogP contribution in [0.2, 0.25) is 5.02 Å². The lowest BCUT2D eigenvalue weighted by molar-refractivity contribution is 0.0698. The first kappa shape index (κ1) is 14.1. The van der Waals surface area contributed by atoms with Crippen molar-refractivity contribution in [3.05, 3.63) is 64.2 Å². The highest BCUT2D eigenvalue weighted by Crippen LogP contribution is 2.26. The first-order valence-corrected chi connectivity index (χ1v) is 6.27. The summed E-state index contributed by atoms with van der Waals surface area (Å²) in [6.07, 6.45) is 0. The third-order valence-corrected chi connectivity index (χ3v) is 3.19. The minimum absolute atomic E-state index is 0.0422. The number of carbonyl (C=O) groups excluding carboxylic acids is 1. The summed E-state index contributed by atoms with van der Waals surface area (Å²) in [5, 5.41) is 11.9. The first-order chi connectivity index (χ1) is 9.50. The maximum Gasteiger partial charge on any atom is 0.337 e. The number of hydrogen-bond donors (Lipinski definition) is 2. The number of para-hydroxylation sites is 1. The second kappa shape index (κ2) is 5.75. The van der Waals surface area contributed by atoms with Crippen LogP contribution < -0.4 is 5.32 Å². The van der Waals surface area contributed by atoms with Crippen LogP contribution in [0.5, 0.6) is 0 Å². The summed E-state index contributed by atoms with van der Waals surface area (Å²) in [4.78, 5) is 23.3. The Labute approximate surface area is 121 Å². The molecule has 0 atom stereocenters. The number of carboxylic acid groups (broad SMARTS) is 1. The number of anilines is 1. The second-order valence-electron chi connectivity index (χ2n) is 4.24. The molecule has 0 spiro atoms. The van der Waals surface area contributed by atoms with E-state index in [0.29, 0.717) is 5.56 Å². The molecule has 0 unspecified atom stereocenters. The molecule has 2 aromatic carbocycles. The van der Waals surface area contributed by atoms with Gasteiger partial charge in [0.15, 0.2) is 0 Å². The van der Waals surface area contributed by atoms with Crippen LogP contribution in [0.15, 0.2) is 42.5 Å². The SMILES string of the molecule is Cc1ccccc1C(=O)Nc1c(Cl)cccc1C(=O)O. The molecule has 0 saturated carbocycles. The van der Waals surface area contributed by atoms with E-state index in [9.17, 15) is 9.59 Å². The van der Waals surface area contributed by atoms with E-state index < -0.39 is 11.9 Å². The van der Waals surface area contributed by atoms with Gasteiger partial charge in [0.1, 0.15) is 0 Å². The molecule has 0 aliphatic rings. The number of rotatable bonds is 3. The second-order valence-corrected chi connectivity index (χ2v) is 4.64. The average Bonchev–Trinajstić information content (AvgIpc) is 2.41. The van der Waals surface area contributed by atoms with Crippen molar-refractivity contribution in [1.29, 1.82) is 0 Å². The summed E-state index contributed by atoms with van der Waals surface area (Å²) in [6.45, 7) is 1.81. The number of aryl methyl sites for hydroxylation is 1. The van der Waals surface area contributed by atoms with Gasteiger partial charge in [0.05, 0.1) is 16.3 Å². The molecule has 0 radical (unpaired) electrons. The van der Waals surface area contributed by atoms with Gasteiger partial charge < -0.3 is 10.4 Å². The van der Waals surface area contributed by atoms with Gasteiger partial charge >= 0.3 is 5.97 Å². The van der Waals surface area contributed by atoms with Crippen LogP contribution in [0.3, 0.4) is 0 Å². The topological polar surface area (TPSA) is 66.4 Å². The fourth-order valence-corrected chi connectivity index (χ4v) is 2.06. The highest BCUT2D eigenvalue weighted by Gasteiger charge is 2.17. The van der Waals surface area contributed by atoms with Crippen molar-refractivity contribution in [2.24, 2.45) is 0 Å². The summed E-state index contributed by atoms with van der Waals surface area (Å²) in [6, 6.07) is 11.5. The van der Waals surface area contributed by atoms with E-state index in [1.165, 1.54) is 18.2 Å². The minimum atomic E-state index is -1.15. The Bertz CT molecular complexity index is 683. The molecule has 2 aromatic rings. The molecular formula is C15H12ClNO3. The Balaban J connectivity index is 2.38. The van der Waals surface area contributed by atoms with Crippen LogP contribution in [0.25, 0.3) is 0 Å². The molecule has 20 heavy (non-hydrogen) atoms. The number of benzene rings is 2. The Morgan fingerprint density at radius 3 is 2.35 bits per heavy atom. The molecule has 2 rings (SSSR count).